The van der Waals surface area contributed by atoms with Crippen molar-refractivity contribution in [3.63, 3.8) is 0 Å². The van der Waals surface area contributed by atoms with Gasteiger partial charge >= 0.3 is 0 Å². The van der Waals surface area contributed by atoms with Gasteiger partial charge in [0.25, 0.3) is 0 Å². The van der Waals surface area contributed by atoms with E-state index in [4.69, 9.17) is 14.6 Å². The molecule has 3 nitrogen and oxygen atoms in total. The Bertz CT molecular complexity index is 373. The fourth-order valence-corrected chi connectivity index (χ4v) is 3.71. The van der Waals surface area contributed by atoms with Crippen LogP contribution in [0.3, 0.4) is 0 Å². The van der Waals surface area contributed by atoms with Gasteiger partial charge in [-0.2, -0.15) is 0 Å². The molecule has 0 atom stereocenters. The minimum Gasteiger partial charge on any atom is -0.396 e. The van der Waals surface area contributed by atoms with Crippen LogP contribution in [0.4, 0.5) is 0 Å². The molecule has 114 valence electrons. The Morgan fingerprint density at radius 1 is 1.05 bits per heavy atom. The SMILES string of the molecule is C[Si](C)(C)C#CC1(CCCO)CCC2(CC1)OCCO2. The second-order valence-electron chi connectivity index (χ2n) is 7.22. The summed E-state index contributed by atoms with van der Waals surface area (Å²) >= 11 is 0. The standard InChI is InChI=1S/C16H28O3Si/c1-20(2,3)14-10-15(5-4-11-17)6-8-16(9-7-15)18-12-13-19-16/h17H,4-9,11-13H2,1-3H3. The van der Waals surface area contributed by atoms with Crippen LogP contribution in [-0.4, -0.2) is 38.8 Å². The molecule has 0 radical (unpaired) electrons. The third-order valence-electron chi connectivity index (χ3n) is 4.30. The van der Waals surface area contributed by atoms with Crippen LogP contribution in [0.2, 0.25) is 19.6 Å². The van der Waals surface area contributed by atoms with Crippen LogP contribution in [0.5, 0.6) is 0 Å². The predicted octanol–water partition coefficient (Wildman–Crippen LogP) is 2.94. The molecule has 2 fully saturated rings. The predicted molar refractivity (Wildman–Crippen MR) is 83.0 cm³/mol. The highest BCUT2D eigenvalue weighted by Crippen LogP contribution is 2.46. The van der Waals surface area contributed by atoms with Gasteiger partial charge in [0.1, 0.15) is 8.07 Å². The van der Waals surface area contributed by atoms with Crippen molar-refractivity contribution in [2.75, 3.05) is 19.8 Å². The van der Waals surface area contributed by atoms with E-state index in [0.717, 1.165) is 51.7 Å². The molecule has 0 unspecified atom stereocenters. The third kappa shape index (κ3) is 4.08. The van der Waals surface area contributed by atoms with Crippen LogP contribution in [-0.2, 0) is 9.47 Å². The minimum absolute atomic E-state index is 0.0730. The third-order valence-corrected chi connectivity index (χ3v) is 5.17. The Kier molecular flexibility index (Phi) is 4.96. The Hall–Kier alpha value is -0.343. The van der Waals surface area contributed by atoms with Crippen LogP contribution in [0, 0.1) is 16.9 Å². The molecule has 4 heteroatoms. The van der Waals surface area contributed by atoms with Gasteiger partial charge in [-0.1, -0.05) is 19.6 Å². The topological polar surface area (TPSA) is 38.7 Å². The first kappa shape index (κ1) is 16.0. The van der Waals surface area contributed by atoms with Crippen molar-refractivity contribution in [1.29, 1.82) is 0 Å². The molecule has 2 aliphatic rings. The number of hydrogen-bond acceptors (Lipinski definition) is 3. The van der Waals surface area contributed by atoms with Gasteiger partial charge in [-0.15, -0.1) is 11.5 Å². The molecule has 0 aromatic rings. The van der Waals surface area contributed by atoms with Crippen LogP contribution >= 0.6 is 0 Å². The fourth-order valence-electron chi connectivity index (χ4n) is 3.07. The Morgan fingerprint density at radius 3 is 2.15 bits per heavy atom. The Morgan fingerprint density at radius 2 is 1.65 bits per heavy atom. The monoisotopic (exact) mass is 296 g/mol. The number of hydrogen-bond donors (Lipinski definition) is 1. The lowest BCUT2D eigenvalue weighted by atomic mass is 9.70. The van der Waals surface area contributed by atoms with Crippen molar-refractivity contribution in [2.24, 2.45) is 5.41 Å². The lowest BCUT2D eigenvalue weighted by Crippen LogP contribution is -2.40. The van der Waals surface area contributed by atoms with Crippen molar-refractivity contribution in [1.82, 2.24) is 0 Å². The lowest BCUT2D eigenvalue weighted by Gasteiger charge is -2.41. The van der Waals surface area contributed by atoms with E-state index in [2.05, 4.69) is 31.1 Å². The average molecular weight is 296 g/mol. The highest BCUT2D eigenvalue weighted by atomic mass is 28.3. The van der Waals surface area contributed by atoms with E-state index in [1.54, 1.807) is 0 Å². The molecule has 1 aliphatic heterocycles. The summed E-state index contributed by atoms with van der Waals surface area (Å²) in [6.45, 7) is 8.57. The van der Waals surface area contributed by atoms with Gasteiger partial charge in [0.2, 0.25) is 0 Å². The summed E-state index contributed by atoms with van der Waals surface area (Å²) in [7, 11) is -1.35. The van der Waals surface area contributed by atoms with Gasteiger partial charge < -0.3 is 14.6 Å². The average Bonchev–Trinajstić information content (AvgIpc) is 2.85. The van der Waals surface area contributed by atoms with Crippen LogP contribution in [0.1, 0.15) is 38.5 Å². The van der Waals surface area contributed by atoms with Gasteiger partial charge in [0.15, 0.2) is 5.79 Å². The summed E-state index contributed by atoms with van der Waals surface area (Å²) in [6.07, 6.45) is 5.79. The number of ether oxygens (including phenoxy) is 2. The lowest BCUT2D eigenvalue weighted by molar-refractivity contribution is -0.187. The number of rotatable bonds is 3. The van der Waals surface area contributed by atoms with Crippen molar-refractivity contribution in [3.8, 4) is 11.5 Å². The maximum absolute atomic E-state index is 9.16. The van der Waals surface area contributed by atoms with Crippen LogP contribution in [0.25, 0.3) is 0 Å². The van der Waals surface area contributed by atoms with Crippen molar-refractivity contribution in [3.05, 3.63) is 0 Å². The summed E-state index contributed by atoms with van der Waals surface area (Å²) in [4.78, 5) is 0. The zero-order valence-electron chi connectivity index (χ0n) is 13.1. The van der Waals surface area contributed by atoms with Crippen molar-refractivity contribution < 1.29 is 14.6 Å². The molecular formula is C16H28O3Si. The smallest absolute Gasteiger partial charge is 0.168 e. The molecular weight excluding hydrogens is 268 g/mol. The molecule has 20 heavy (non-hydrogen) atoms. The Labute approximate surface area is 124 Å². The molecule has 1 spiro atoms. The Balaban J connectivity index is 2.07. The fraction of sp³-hybridized carbons (Fsp3) is 0.875. The first-order valence-corrected chi connectivity index (χ1v) is 11.3. The second-order valence-corrected chi connectivity index (χ2v) is 12.0. The number of aliphatic hydroxyl groups excluding tert-OH is 1. The van der Waals surface area contributed by atoms with Crippen LogP contribution in [0.15, 0.2) is 0 Å². The van der Waals surface area contributed by atoms with Crippen LogP contribution < -0.4 is 0 Å². The molecule has 0 aromatic carbocycles. The maximum Gasteiger partial charge on any atom is 0.168 e. The molecule has 0 amide bonds. The van der Waals surface area contributed by atoms with Crippen molar-refractivity contribution >= 4 is 8.07 Å². The van der Waals surface area contributed by atoms with E-state index < -0.39 is 8.07 Å². The quantitative estimate of drug-likeness (QED) is 0.643. The summed E-state index contributed by atoms with van der Waals surface area (Å²) in [5.41, 5.74) is 3.62. The highest BCUT2D eigenvalue weighted by Gasteiger charge is 2.45. The maximum atomic E-state index is 9.16. The van der Waals surface area contributed by atoms with E-state index in [0.29, 0.717) is 0 Å². The van der Waals surface area contributed by atoms with Crippen molar-refractivity contribution in [2.45, 2.75) is 64.0 Å². The number of aliphatic hydroxyl groups is 1. The van der Waals surface area contributed by atoms with E-state index >= 15 is 0 Å². The molecule has 1 saturated heterocycles. The van der Waals surface area contributed by atoms with E-state index in [9.17, 15) is 0 Å². The summed E-state index contributed by atoms with van der Waals surface area (Å²) < 4.78 is 11.6. The minimum atomic E-state index is -1.35. The van der Waals surface area contributed by atoms with Gasteiger partial charge in [-0.25, -0.2) is 0 Å². The summed E-state index contributed by atoms with van der Waals surface area (Å²) in [5.74, 6) is 3.29. The second kappa shape index (κ2) is 6.19. The van der Waals surface area contributed by atoms with Gasteiger partial charge in [-0.05, 0) is 25.7 Å². The molecule has 0 bridgehead atoms. The molecule has 1 N–H and O–H groups in total. The molecule has 2 rings (SSSR count). The van der Waals surface area contributed by atoms with Gasteiger partial charge in [0, 0.05) is 24.9 Å². The molecule has 1 aliphatic carbocycles. The first-order valence-electron chi connectivity index (χ1n) is 7.82. The molecule has 1 saturated carbocycles. The van der Waals surface area contributed by atoms with Gasteiger partial charge in [0.05, 0.1) is 13.2 Å². The zero-order chi connectivity index (χ0) is 14.7. The largest absolute Gasteiger partial charge is 0.396 e. The molecule has 1 heterocycles. The van der Waals surface area contributed by atoms with E-state index in [1.807, 2.05) is 0 Å². The van der Waals surface area contributed by atoms with E-state index in [1.165, 1.54) is 0 Å². The highest BCUT2D eigenvalue weighted by molar-refractivity contribution is 6.83. The summed E-state index contributed by atoms with van der Waals surface area (Å²) in [6, 6.07) is 0. The molecule has 0 aromatic heterocycles. The zero-order valence-corrected chi connectivity index (χ0v) is 14.1. The first-order chi connectivity index (χ1) is 9.39. The summed E-state index contributed by atoms with van der Waals surface area (Å²) in [5, 5.41) is 9.16. The van der Waals surface area contributed by atoms with E-state index in [-0.39, 0.29) is 17.8 Å². The normalized spacial score (nSPS) is 24.4. The van der Waals surface area contributed by atoms with Gasteiger partial charge in [-0.3, -0.25) is 0 Å².